The maximum atomic E-state index is 10.5. The lowest BCUT2D eigenvalue weighted by molar-refractivity contribution is 0.282. The molecule has 11 heavy (non-hydrogen) atoms. The second-order valence-corrected chi connectivity index (χ2v) is 3.87. The molecular formula is C6H12O4S. The Morgan fingerprint density at radius 2 is 2.09 bits per heavy atom. The van der Waals surface area contributed by atoms with Gasteiger partial charge in [0.1, 0.15) is 0 Å². The van der Waals surface area contributed by atoms with Gasteiger partial charge in [-0.25, -0.2) is 0 Å². The molecule has 0 aliphatic heterocycles. The second-order valence-electron chi connectivity index (χ2n) is 2.17. The number of hydrogen-bond acceptors (Lipinski definition) is 3. The Hall–Kier alpha value is -0.390. The fourth-order valence-electron chi connectivity index (χ4n) is 0.718. The minimum atomic E-state index is -4.02. The summed E-state index contributed by atoms with van der Waals surface area (Å²) in [5, 5.41) is 7.50. The zero-order chi connectivity index (χ0) is 8.91. The third-order valence-electron chi connectivity index (χ3n) is 1.30. The highest BCUT2D eigenvalue weighted by molar-refractivity contribution is 7.86. The van der Waals surface area contributed by atoms with Crippen molar-refractivity contribution in [2.24, 2.45) is 0 Å². The molecule has 1 atom stereocenters. The molecule has 0 aromatic heterocycles. The van der Waals surface area contributed by atoms with Crippen LogP contribution in [0.4, 0.5) is 0 Å². The Balaban J connectivity index is 4.21. The van der Waals surface area contributed by atoms with E-state index in [1.54, 1.807) is 0 Å². The second kappa shape index (κ2) is 4.48. The third-order valence-corrected chi connectivity index (χ3v) is 2.57. The Morgan fingerprint density at radius 1 is 1.55 bits per heavy atom. The van der Waals surface area contributed by atoms with Gasteiger partial charge in [0, 0.05) is 6.61 Å². The number of aliphatic hydroxyl groups excluding tert-OH is 1. The van der Waals surface area contributed by atoms with Gasteiger partial charge < -0.3 is 5.11 Å². The predicted molar refractivity (Wildman–Crippen MR) is 41.9 cm³/mol. The highest BCUT2D eigenvalue weighted by atomic mass is 32.2. The lowest BCUT2D eigenvalue weighted by atomic mass is 10.2. The summed E-state index contributed by atoms with van der Waals surface area (Å²) < 4.78 is 29.6. The van der Waals surface area contributed by atoms with Crippen molar-refractivity contribution in [3.05, 3.63) is 12.7 Å². The molecule has 1 unspecified atom stereocenters. The molecule has 0 aliphatic rings. The Bertz CT molecular complexity index is 207. The first-order valence-corrected chi connectivity index (χ1v) is 4.70. The Morgan fingerprint density at radius 3 is 2.36 bits per heavy atom. The molecule has 0 amide bonds. The van der Waals surface area contributed by atoms with Crippen LogP contribution in [-0.2, 0) is 10.1 Å². The van der Waals surface area contributed by atoms with E-state index in [1.807, 2.05) is 0 Å². The zero-order valence-electron chi connectivity index (χ0n) is 6.10. The lowest BCUT2D eigenvalue weighted by Gasteiger charge is -2.08. The van der Waals surface area contributed by atoms with Gasteiger partial charge in [-0.15, -0.1) is 6.58 Å². The SMILES string of the molecule is C=CCC(CCO)S(=O)(=O)O. The van der Waals surface area contributed by atoms with Crippen molar-refractivity contribution >= 4 is 10.1 Å². The molecule has 2 N–H and O–H groups in total. The summed E-state index contributed by atoms with van der Waals surface area (Å²) in [4.78, 5) is 0. The van der Waals surface area contributed by atoms with Crippen molar-refractivity contribution in [2.75, 3.05) is 6.61 Å². The molecule has 0 saturated carbocycles. The Kier molecular flexibility index (Phi) is 4.32. The molecule has 0 saturated heterocycles. The van der Waals surface area contributed by atoms with E-state index in [2.05, 4.69) is 6.58 Å². The van der Waals surface area contributed by atoms with E-state index in [-0.39, 0.29) is 19.4 Å². The molecule has 0 heterocycles. The highest BCUT2D eigenvalue weighted by Gasteiger charge is 2.20. The smallest absolute Gasteiger partial charge is 0.268 e. The summed E-state index contributed by atoms with van der Waals surface area (Å²) in [6.07, 6.45) is 1.61. The highest BCUT2D eigenvalue weighted by Crippen LogP contribution is 2.08. The van der Waals surface area contributed by atoms with E-state index in [1.165, 1.54) is 6.08 Å². The van der Waals surface area contributed by atoms with Gasteiger partial charge in [-0.2, -0.15) is 8.42 Å². The van der Waals surface area contributed by atoms with Crippen LogP contribution in [0, 0.1) is 0 Å². The standard InChI is InChI=1S/C6H12O4S/c1-2-3-6(4-5-7)11(8,9)10/h2,6-7H,1,3-5H2,(H,8,9,10). The van der Waals surface area contributed by atoms with Gasteiger partial charge in [-0.05, 0) is 12.8 Å². The van der Waals surface area contributed by atoms with Crippen molar-refractivity contribution in [3.63, 3.8) is 0 Å². The molecule has 0 bridgehead atoms. The van der Waals surface area contributed by atoms with E-state index in [0.29, 0.717) is 0 Å². The summed E-state index contributed by atoms with van der Waals surface area (Å²) in [5.41, 5.74) is 0. The van der Waals surface area contributed by atoms with Gasteiger partial charge in [0.05, 0.1) is 5.25 Å². The molecule has 0 aromatic rings. The van der Waals surface area contributed by atoms with Crippen molar-refractivity contribution in [1.29, 1.82) is 0 Å². The van der Waals surface area contributed by atoms with Crippen LogP contribution in [0.15, 0.2) is 12.7 Å². The fraction of sp³-hybridized carbons (Fsp3) is 0.667. The topological polar surface area (TPSA) is 74.6 Å². The van der Waals surface area contributed by atoms with E-state index < -0.39 is 15.4 Å². The predicted octanol–water partition coefficient (Wildman–Crippen LogP) is 0.201. The fourth-order valence-corrected chi connectivity index (χ4v) is 1.50. The molecule has 4 nitrogen and oxygen atoms in total. The van der Waals surface area contributed by atoms with Crippen LogP contribution in [0.1, 0.15) is 12.8 Å². The van der Waals surface area contributed by atoms with Gasteiger partial charge in [-0.3, -0.25) is 4.55 Å². The monoisotopic (exact) mass is 180 g/mol. The molecule has 0 aromatic carbocycles. The van der Waals surface area contributed by atoms with Crippen LogP contribution < -0.4 is 0 Å². The van der Waals surface area contributed by atoms with Gasteiger partial charge in [0.15, 0.2) is 0 Å². The Labute approximate surface area is 66.3 Å². The van der Waals surface area contributed by atoms with Gasteiger partial charge in [-0.1, -0.05) is 6.08 Å². The van der Waals surface area contributed by atoms with E-state index in [0.717, 1.165) is 0 Å². The van der Waals surface area contributed by atoms with Crippen molar-refractivity contribution in [3.8, 4) is 0 Å². The van der Waals surface area contributed by atoms with E-state index in [4.69, 9.17) is 9.66 Å². The van der Waals surface area contributed by atoms with Crippen LogP contribution >= 0.6 is 0 Å². The molecule has 0 rings (SSSR count). The van der Waals surface area contributed by atoms with Crippen LogP contribution in [0.3, 0.4) is 0 Å². The molecule has 5 heteroatoms. The van der Waals surface area contributed by atoms with E-state index in [9.17, 15) is 8.42 Å². The molecule has 0 radical (unpaired) electrons. The molecular weight excluding hydrogens is 168 g/mol. The van der Waals surface area contributed by atoms with Crippen LogP contribution in [0.2, 0.25) is 0 Å². The van der Waals surface area contributed by atoms with Crippen LogP contribution in [-0.4, -0.2) is 29.9 Å². The van der Waals surface area contributed by atoms with Crippen LogP contribution in [0.5, 0.6) is 0 Å². The average Bonchev–Trinajstić information content (AvgIpc) is 1.85. The molecule has 66 valence electrons. The first kappa shape index (κ1) is 10.6. The first-order valence-electron chi connectivity index (χ1n) is 3.20. The maximum Gasteiger partial charge on any atom is 0.268 e. The van der Waals surface area contributed by atoms with Crippen molar-refractivity contribution in [2.45, 2.75) is 18.1 Å². The first-order chi connectivity index (χ1) is 5.02. The number of allylic oxidation sites excluding steroid dienone is 1. The van der Waals surface area contributed by atoms with Gasteiger partial charge in [0.25, 0.3) is 10.1 Å². The van der Waals surface area contributed by atoms with Gasteiger partial charge in [0.2, 0.25) is 0 Å². The van der Waals surface area contributed by atoms with Gasteiger partial charge >= 0.3 is 0 Å². The number of hydrogen-bond donors (Lipinski definition) is 2. The van der Waals surface area contributed by atoms with Crippen molar-refractivity contribution in [1.82, 2.24) is 0 Å². The summed E-state index contributed by atoms with van der Waals surface area (Å²) in [6, 6.07) is 0. The summed E-state index contributed by atoms with van der Waals surface area (Å²) >= 11 is 0. The van der Waals surface area contributed by atoms with Crippen molar-refractivity contribution < 1.29 is 18.1 Å². The summed E-state index contributed by atoms with van der Waals surface area (Å²) in [6.45, 7) is 3.09. The molecule has 0 aliphatic carbocycles. The normalized spacial score (nSPS) is 14.4. The minimum Gasteiger partial charge on any atom is -0.396 e. The third kappa shape index (κ3) is 4.13. The quantitative estimate of drug-likeness (QED) is 0.468. The number of aliphatic hydroxyl groups is 1. The summed E-state index contributed by atoms with van der Waals surface area (Å²) in [7, 11) is -4.02. The molecule has 0 fully saturated rings. The molecule has 0 spiro atoms. The minimum absolute atomic E-state index is 0.0465. The summed E-state index contributed by atoms with van der Waals surface area (Å²) in [5.74, 6) is 0. The zero-order valence-corrected chi connectivity index (χ0v) is 6.92. The largest absolute Gasteiger partial charge is 0.396 e. The average molecular weight is 180 g/mol. The maximum absolute atomic E-state index is 10.5. The number of rotatable bonds is 5. The van der Waals surface area contributed by atoms with Crippen LogP contribution in [0.25, 0.3) is 0 Å². The lowest BCUT2D eigenvalue weighted by Crippen LogP contribution is -2.20. The van der Waals surface area contributed by atoms with E-state index >= 15 is 0 Å².